The molecule has 1 N–H and O–H groups in total. The Kier molecular flexibility index (Phi) is 3.73. The van der Waals surface area contributed by atoms with Crippen molar-refractivity contribution >= 4 is 5.78 Å². The number of rotatable bonds is 3. The van der Waals surface area contributed by atoms with Gasteiger partial charge in [-0.1, -0.05) is 30.3 Å². The molecule has 1 aromatic rings. The zero-order chi connectivity index (χ0) is 11.4. The number of Topliss-reactive ketones (excluding diaryl/α,β-unsaturated/α-hetero) is 1. The lowest BCUT2D eigenvalue weighted by atomic mass is 9.77. The van der Waals surface area contributed by atoms with Crippen LogP contribution >= 0.6 is 0 Å². The van der Waals surface area contributed by atoms with E-state index in [2.05, 4.69) is 0 Å². The molecule has 0 heterocycles. The monoisotopic (exact) mass is 218 g/mol. The standard InChI is InChI=1S/C14H18O2/c15-10-14(11-5-2-1-3-6-11)12-7-4-8-13(16)9-12/h1-3,5-6,12,14-15H,4,7-10H2. The number of aliphatic hydroxyl groups excluding tert-OH is 1. The van der Waals surface area contributed by atoms with E-state index in [1.54, 1.807) is 0 Å². The van der Waals surface area contributed by atoms with Gasteiger partial charge in [0.15, 0.2) is 0 Å². The molecular weight excluding hydrogens is 200 g/mol. The summed E-state index contributed by atoms with van der Waals surface area (Å²) in [4.78, 5) is 11.4. The van der Waals surface area contributed by atoms with E-state index in [-0.39, 0.29) is 12.5 Å². The molecule has 1 aliphatic rings. The molecule has 2 nitrogen and oxygen atoms in total. The molecule has 0 amide bonds. The van der Waals surface area contributed by atoms with Crippen LogP contribution in [0.4, 0.5) is 0 Å². The van der Waals surface area contributed by atoms with Gasteiger partial charge in [-0.15, -0.1) is 0 Å². The van der Waals surface area contributed by atoms with Crippen molar-refractivity contribution in [3.05, 3.63) is 35.9 Å². The summed E-state index contributed by atoms with van der Waals surface area (Å²) >= 11 is 0. The molecule has 2 unspecified atom stereocenters. The highest BCUT2D eigenvalue weighted by atomic mass is 16.3. The molecule has 2 heteroatoms. The Balaban J connectivity index is 2.13. The maximum atomic E-state index is 11.4. The van der Waals surface area contributed by atoms with Gasteiger partial charge in [0.2, 0.25) is 0 Å². The Labute approximate surface area is 96.3 Å². The fraction of sp³-hybridized carbons (Fsp3) is 0.500. The normalized spacial score (nSPS) is 23.1. The first kappa shape index (κ1) is 11.3. The van der Waals surface area contributed by atoms with Gasteiger partial charge in [0.25, 0.3) is 0 Å². The number of ketones is 1. The zero-order valence-electron chi connectivity index (χ0n) is 9.43. The van der Waals surface area contributed by atoms with E-state index in [4.69, 9.17) is 0 Å². The minimum Gasteiger partial charge on any atom is -0.396 e. The third kappa shape index (κ3) is 2.50. The second kappa shape index (κ2) is 5.26. The largest absolute Gasteiger partial charge is 0.396 e. The van der Waals surface area contributed by atoms with Crippen LogP contribution in [0.2, 0.25) is 0 Å². The topological polar surface area (TPSA) is 37.3 Å². The van der Waals surface area contributed by atoms with Crippen LogP contribution in [0.3, 0.4) is 0 Å². The van der Waals surface area contributed by atoms with Gasteiger partial charge in [-0.05, 0) is 24.3 Å². The minimum atomic E-state index is 0.130. The number of hydrogen-bond donors (Lipinski definition) is 1. The molecule has 0 spiro atoms. The van der Waals surface area contributed by atoms with E-state index in [9.17, 15) is 9.90 Å². The van der Waals surface area contributed by atoms with Gasteiger partial charge < -0.3 is 5.11 Å². The van der Waals surface area contributed by atoms with Crippen molar-refractivity contribution in [3.63, 3.8) is 0 Å². The molecule has 0 aromatic heterocycles. The first-order chi connectivity index (χ1) is 7.81. The number of carbonyl (C=O) groups excluding carboxylic acids is 1. The summed E-state index contributed by atoms with van der Waals surface area (Å²) in [7, 11) is 0. The Morgan fingerprint density at radius 3 is 2.69 bits per heavy atom. The lowest BCUT2D eigenvalue weighted by Gasteiger charge is -2.28. The second-order valence-electron chi connectivity index (χ2n) is 4.59. The third-order valence-corrected chi connectivity index (χ3v) is 3.51. The summed E-state index contributed by atoms with van der Waals surface area (Å²) in [5.74, 6) is 0.810. The summed E-state index contributed by atoms with van der Waals surface area (Å²) in [5, 5.41) is 9.51. The molecule has 0 radical (unpaired) electrons. The average molecular weight is 218 g/mol. The van der Waals surface area contributed by atoms with E-state index in [1.165, 1.54) is 0 Å². The van der Waals surface area contributed by atoms with Crippen molar-refractivity contribution in [2.75, 3.05) is 6.61 Å². The van der Waals surface area contributed by atoms with E-state index < -0.39 is 0 Å². The maximum Gasteiger partial charge on any atom is 0.133 e. The fourth-order valence-electron chi connectivity index (χ4n) is 2.63. The predicted molar refractivity (Wildman–Crippen MR) is 63.2 cm³/mol. The smallest absolute Gasteiger partial charge is 0.133 e. The predicted octanol–water partition coefficient (Wildman–Crippen LogP) is 2.52. The average Bonchev–Trinajstić information content (AvgIpc) is 2.31. The molecule has 86 valence electrons. The minimum absolute atomic E-state index is 0.130. The number of carbonyl (C=O) groups is 1. The van der Waals surface area contributed by atoms with Crippen LogP contribution in [0.25, 0.3) is 0 Å². The molecule has 0 aliphatic heterocycles. The number of aliphatic hydroxyl groups is 1. The van der Waals surface area contributed by atoms with Gasteiger partial charge in [0, 0.05) is 18.8 Å². The van der Waals surface area contributed by atoms with Crippen molar-refractivity contribution in [1.82, 2.24) is 0 Å². The molecule has 1 aromatic carbocycles. The summed E-state index contributed by atoms with van der Waals surface area (Å²) < 4.78 is 0. The van der Waals surface area contributed by atoms with Gasteiger partial charge >= 0.3 is 0 Å². The highest BCUT2D eigenvalue weighted by molar-refractivity contribution is 5.79. The van der Waals surface area contributed by atoms with Crippen molar-refractivity contribution < 1.29 is 9.90 Å². The Bertz CT molecular complexity index is 345. The Morgan fingerprint density at radius 2 is 2.06 bits per heavy atom. The second-order valence-corrected chi connectivity index (χ2v) is 4.59. The lowest BCUT2D eigenvalue weighted by molar-refractivity contribution is -0.121. The molecule has 16 heavy (non-hydrogen) atoms. The van der Waals surface area contributed by atoms with Crippen molar-refractivity contribution in [2.45, 2.75) is 31.6 Å². The van der Waals surface area contributed by atoms with Crippen LogP contribution in [0, 0.1) is 5.92 Å². The Hall–Kier alpha value is -1.15. The summed E-state index contributed by atoms with van der Waals surface area (Å²) in [6, 6.07) is 10.0. The summed E-state index contributed by atoms with van der Waals surface area (Å²) in [6.07, 6.45) is 3.41. The van der Waals surface area contributed by atoms with Gasteiger partial charge in [-0.25, -0.2) is 0 Å². The Morgan fingerprint density at radius 1 is 1.31 bits per heavy atom. The van der Waals surface area contributed by atoms with Crippen molar-refractivity contribution in [1.29, 1.82) is 0 Å². The highest BCUT2D eigenvalue weighted by Gasteiger charge is 2.27. The zero-order valence-corrected chi connectivity index (χ0v) is 9.43. The van der Waals surface area contributed by atoms with Gasteiger partial charge in [-0.2, -0.15) is 0 Å². The van der Waals surface area contributed by atoms with Crippen molar-refractivity contribution in [2.24, 2.45) is 5.92 Å². The van der Waals surface area contributed by atoms with Crippen LogP contribution in [-0.4, -0.2) is 17.5 Å². The van der Waals surface area contributed by atoms with Gasteiger partial charge in [0.1, 0.15) is 5.78 Å². The molecule has 2 atom stereocenters. The molecule has 1 aliphatic carbocycles. The quantitative estimate of drug-likeness (QED) is 0.846. The van der Waals surface area contributed by atoms with E-state index in [0.717, 1.165) is 24.8 Å². The first-order valence-corrected chi connectivity index (χ1v) is 5.98. The lowest BCUT2D eigenvalue weighted by Crippen LogP contribution is -2.23. The summed E-state index contributed by atoms with van der Waals surface area (Å²) in [6.45, 7) is 0.141. The van der Waals surface area contributed by atoms with Crippen LogP contribution in [0.5, 0.6) is 0 Å². The van der Waals surface area contributed by atoms with Crippen LogP contribution in [-0.2, 0) is 4.79 Å². The fourth-order valence-corrected chi connectivity index (χ4v) is 2.63. The van der Waals surface area contributed by atoms with Crippen LogP contribution in [0.1, 0.15) is 37.2 Å². The van der Waals surface area contributed by atoms with E-state index >= 15 is 0 Å². The van der Waals surface area contributed by atoms with Crippen LogP contribution < -0.4 is 0 Å². The van der Waals surface area contributed by atoms with Crippen LogP contribution in [0.15, 0.2) is 30.3 Å². The van der Waals surface area contributed by atoms with Gasteiger partial charge in [-0.3, -0.25) is 4.79 Å². The third-order valence-electron chi connectivity index (χ3n) is 3.51. The number of hydrogen-bond acceptors (Lipinski definition) is 2. The SMILES string of the molecule is O=C1CCCC(C(CO)c2ccccc2)C1. The molecule has 1 fully saturated rings. The molecule has 0 saturated heterocycles. The van der Waals surface area contributed by atoms with Gasteiger partial charge in [0.05, 0.1) is 6.61 Å². The summed E-state index contributed by atoms with van der Waals surface area (Å²) in [5.41, 5.74) is 1.16. The molecule has 2 rings (SSSR count). The maximum absolute atomic E-state index is 11.4. The highest BCUT2D eigenvalue weighted by Crippen LogP contribution is 2.34. The molecule has 0 bridgehead atoms. The molecular formula is C14H18O2. The first-order valence-electron chi connectivity index (χ1n) is 5.98. The van der Waals surface area contributed by atoms with E-state index in [0.29, 0.717) is 18.1 Å². The molecule has 1 saturated carbocycles. The van der Waals surface area contributed by atoms with Crippen molar-refractivity contribution in [3.8, 4) is 0 Å². The number of benzene rings is 1. The van der Waals surface area contributed by atoms with E-state index in [1.807, 2.05) is 30.3 Å².